The van der Waals surface area contributed by atoms with E-state index in [-0.39, 0.29) is 32.0 Å². The van der Waals surface area contributed by atoms with Crippen LogP contribution >= 0.6 is 18.5 Å². The third-order valence-electron chi connectivity index (χ3n) is 6.51. The highest BCUT2D eigenvalue weighted by atomic mass is 31.0. The second-order valence-electron chi connectivity index (χ2n) is 12.2. The van der Waals surface area contributed by atoms with Crippen molar-refractivity contribution in [1.29, 1.82) is 0 Å². The third-order valence-corrected chi connectivity index (χ3v) is 10.6. The fourth-order valence-electron chi connectivity index (χ4n) is 5.04. The number of hydrogen-bond donors (Lipinski definition) is 0. The van der Waals surface area contributed by atoms with Gasteiger partial charge in [0.2, 0.25) is 0 Å². The normalized spacial score (nSPS) is 15.3. The van der Waals surface area contributed by atoms with Crippen molar-refractivity contribution in [2.45, 2.75) is 93.4 Å². The summed E-state index contributed by atoms with van der Waals surface area (Å²) in [5.74, 6) is 0. The highest BCUT2D eigenvalue weighted by Crippen LogP contribution is 2.64. The lowest BCUT2D eigenvalue weighted by molar-refractivity contribution is 0.118. The summed E-state index contributed by atoms with van der Waals surface area (Å²) in [6.45, 7) is 28.5. The lowest BCUT2D eigenvalue weighted by atomic mass is 9.56. The van der Waals surface area contributed by atoms with Gasteiger partial charge in [0.15, 0.2) is 0 Å². The molecular weight excluding hydrogens is 350 g/mol. The molecule has 2 unspecified atom stereocenters. The molecule has 26 heavy (non-hydrogen) atoms. The molecule has 0 amide bonds. The van der Waals surface area contributed by atoms with Gasteiger partial charge < -0.3 is 0 Å². The van der Waals surface area contributed by atoms with Gasteiger partial charge >= 0.3 is 0 Å². The molecule has 150 valence electrons. The maximum atomic E-state index is 3.29. The van der Waals surface area contributed by atoms with Gasteiger partial charge in [-0.15, -0.1) is 18.5 Å². The van der Waals surface area contributed by atoms with Gasteiger partial charge in [-0.25, -0.2) is 0 Å². The summed E-state index contributed by atoms with van der Waals surface area (Å²) in [6, 6.07) is 9.17. The van der Waals surface area contributed by atoms with Crippen LogP contribution in [0.15, 0.2) is 24.3 Å². The predicted molar refractivity (Wildman–Crippen MR) is 127 cm³/mol. The van der Waals surface area contributed by atoms with Crippen molar-refractivity contribution in [3.8, 4) is 0 Å². The zero-order valence-corrected chi connectivity index (χ0v) is 21.8. The first-order valence-electron chi connectivity index (χ1n) is 9.90. The Balaban J connectivity index is 4.03. The van der Waals surface area contributed by atoms with Crippen molar-refractivity contribution in [2.24, 2.45) is 21.7 Å². The molecular formula is C24H44P2. The van der Waals surface area contributed by atoms with Crippen molar-refractivity contribution in [2.75, 3.05) is 0 Å². The minimum atomic E-state index is -0.0467. The molecule has 1 aromatic rings. The van der Waals surface area contributed by atoms with Gasteiger partial charge in [0.1, 0.15) is 0 Å². The lowest BCUT2D eigenvalue weighted by Gasteiger charge is -2.57. The minimum Gasteiger partial charge on any atom is -0.125 e. The van der Waals surface area contributed by atoms with E-state index in [9.17, 15) is 0 Å². The lowest BCUT2D eigenvalue weighted by Crippen LogP contribution is -2.50. The number of benzene rings is 1. The van der Waals surface area contributed by atoms with Crippen molar-refractivity contribution in [3.05, 3.63) is 35.4 Å². The fourth-order valence-corrected chi connectivity index (χ4v) is 5.54. The van der Waals surface area contributed by atoms with Gasteiger partial charge in [0, 0.05) is 10.3 Å². The molecule has 0 heterocycles. The molecule has 0 saturated heterocycles. The molecule has 0 radical (unpaired) electrons. The Labute approximate surface area is 169 Å². The topological polar surface area (TPSA) is 0 Å². The van der Waals surface area contributed by atoms with Crippen LogP contribution in [0.5, 0.6) is 0 Å². The first-order valence-corrected chi connectivity index (χ1v) is 11.1. The van der Waals surface area contributed by atoms with Crippen LogP contribution in [0, 0.1) is 21.7 Å². The molecule has 2 atom stereocenters. The smallest absolute Gasteiger partial charge is 0.0197 e. The molecule has 0 aliphatic rings. The van der Waals surface area contributed by atoms with Crippen molar-refractivity contribution in [3.63, 3.8) is 0 Å². The Morgan fingerprint density at radius 1 is 0.462 bits per heavy atom. The van der Waals surface area contributed by atoms with Gasteiger partial charge in [0.25, 0.3) is 0 Å². The van der Waals surface area contributed by atoms with E-state index in [4.69, 9.17) is 0 Å². The van der Waals surface area contributed by atoms with Crippen molar-refractivity contribution in [1.82, 2.24) is 0 Å². The van der Waals surface area contributed by atoms with E-state index in [1.54, 1.807) is 0 Å². The van der Waals surface area contributed by atoms with Crippen LogP contribution in [-0.4, -0.2) is 0 Å². The van der Waals surface area contributed by atoms with Crippen LogP contribution in [0.2, 0.25) is 0 Å². The predicted octanol–water partition coefficient (Wildman–Crippen LogP) is 8.01. The Morgan fingerprint density at radius 3 is 0.808 bits per heavy atom. The van der Waals surface area contributed by atoms with Gasteiger partial charge in [-0.3, -0.25) is 0 Å². The van der Waals surface area contributed by atoms with Crippen LogP contribution in [0.3, 0.4) is 0 Å². The molecule has 1 aromatic carbocycles. The number of rotatable bonds is 2. The molecule has 0 nitrogen and oxygen atoms in total. The summed E-state index contributed by atoms with van der Waals surface area (Å²) in [5, 5.41) is -0.0934. The molecule has 0 fully saturated rings. The zero-order valence-electron chi connectivity index (χ0n) is 19.5. The van der Waals surface area contributed by atoms with E-state index in [0.717, 1.165) is 0 Å². The Hall–Kier alpha value is 0.0800. The van der Waals surface area contributed by atoms with E-state index in [2.05, 4.69) is 126 Å². The van der Waals surface area contributed by atoms with Crippen LogP contribution < -0.4 is 0 Å². The summed E-state index contributed by atoms with van der Waals surface area (Å²) < 4.78 is 0. The van der Waals surface area contributed by atoms with Crippen LogP contribution in [0.25, 0.3) is 0 Å². The molecule has 0 aliphatic heterocycles. The Kier molecular flexibility index (Phi) is 6.35. The molecule has 0 aromatic heterocycles. The molecule has 0 aliphatic carbocycles. The average molecular weight is 395 g/mol. The van der Waals surface area contributed by atoms with E-state index in [1.165, 1.54) is 11.1 Å². The second kappa shape index (κ2) is 6.85. The van der Waals surface area contributed by atoms with E-state index < -0.39 is 0 Å². The fraction of sp³-hybridized carbons (Fsp3) is 0.750. The largest absolute Gasteiger partial charge is 0.125 e. The first-order chi connectivity index (χ1) is 11.2. The quantitative estimate of drug-likeness (QED) is 0.446. The van der Waals surface area contributed by atoms with Crippen LogP contribution in [0.1, 0.15) is 94.2 Å². The molecule has 0 N–H and O–H groups in total. The third kappa shape index (κ3) is 3.67. The van der Waals surface area contributed by atoms with Crippen molar-refractivity contribution < 1.29 is 0 Å². The van der Waals surface area contributed by atoms with Gasteiger partial charge in [-0.1, -0.05) is 107 Å². The highest BCUT2D eigenvalue weighted by Gasteiger charge is 2.54. The molecule has 2 heteroatoms. The Morgan fingerprint density at radius 2 is 0.654 bits per heavy atom. The molecule has 0 spiro atoms. The average Bonchev–Trinajstić information content (AvgIpc) is 2.40. The van der Waals surface area contributed by atoms with Crippen LogP contribution in [0.4, 0.5) is 0 Å². The summed E-state index contributed by atoms with van der Waals surface area (Å²) in [5.41, 5.74) is 3.34. The molecule has 0 bridgehead atoms. The minimum absolute atomic E-state index is 0.0467. The summed E-state index contributed by atoms with van der Waals surface area (Å²) >= 11 is 0. The first kappa shape index (κ1) is 24.1. The SMILES string of the molecule is CC(C)(C)C(P)(c1ccccc1C(P)(C(C)(C)C)C(C)(C)C)C(C)(C)C. The maximum absolute atomic E-state index is 3.29. The highest BCUT2D eigenvalue weighted by molar-refractivity contribution is 7.19. The molecule has 1 rings (SSSR count). The van der Waals surface area contributed by atoms with Gasteiger partial charge in [-0.2, -0.15) is 0 Å². The van der Waals surface area contributed by atoms with Crippen molar-refractivity contribution >= 4 is 18.5 Å². The standard InChI is InChI=1S/C24H44P2/c1-19(2,3)23(25,20(4,5)6)17-15-13-14-16-18(17)24(26,21(7,8)9)22(10,11)12/h13-16H,25-26H2,1-12H3. The molecule has 0 saturated carbocycles. The summed E-state index contributed by atoms with van der Waals surface area (Å²) in [4.78, 5) is 0. The number of hydrogen-bond acceptors (Lipinski definition) is 0. The van der Waals surface area contributed by atoms with Gasteiger partial charge in [-0.05, 0) is 32.8 Å². The summed E-state index contributed by atoms with van der Waals surface area (Å²) in [6.07, 6.45) is 0. The zero-order chi connectivity index (χ0) is 21.0. The van der Waals surface area contributed by atoms with E-state index in [1.807, 2.05) is 0 Å². The van der Waals surface area contributed by atoms with E-state index in [0.29, 0.717) is 0 Å². The summed E-state index contributed by atoms with van der Waals surface area (Å²) in [7, 11) is 6.57. The monoisotopic (exact) mass is 394 g/mol. The Bertz CT molecular complexity index is 543. The van der Waals surface area contributed by atoms with E-state index >= 15 is 0 Å². The van der Waals surface area contributed by atoms with Gasteiger partial charge in [0.05, 0.1) is 0 Å². The van der Waals surface area contributed by atoms with Crippen LogP contribution in [-0.2, 0) is 10.3 Å². The maximum Gasteiger partial charge on any atom is 0.0197 e. The second-order valence-corrected chi connectivity index (χ2v) is 13.9.